The fourth-order valence-electron chi connectivity index (χ4n) is 1.79. The molecule has 0 atom stereocenters. The number of carbonyl (C=O) groups is 1. The second-order valence-corrected chi connectivity index (χ2v) is 3.69. The Bertz CT molecular complexity index is 439. The van der Waals surface area contributed by atoms with E-state index in [0.29, 0.717) is 18.7 Å². The van der Waals surface area contributed by atoms with E-state index in [0.717, 1.165) is 12.1 Å². The highest BCUT2D eigenvalue weighted by Crippen LogP contribution is 2.32. The largest absolute Gasteiger partial charge is 0.416 e. The molecule has 1 heterocycles. The van der Waals surface area contributed by atoms with E-state index in [-0.39, 0.29) is 11.5 Å². The van der Waals surface area contributed by atoms with Crippen molar-refractivity contribution in [3.05, 3.63) is 34.9 Å². The Morgan fingerprint density at radius 2 is 2.06 bits per heavy atom. The maximum absolute atomic E-state index is 12.4. The average Bonchev–Trinajstić information content (AvgIpc) is 2.54. The van der Waals surface area contributed by atoms with Crippen LogP contribution < -0.4 is 0 Å². The number of alkyl halides is 3. The van der Waals surface area contributed by atoms with Gasteiger partial charge in [0, 0.05) is 18.7 Å². The standard InChI is InChI=1S/C11H10F3NO/c1-2-15-6-7-3-4-8(11(12,13)14)5-9(7)10(15)16/h3-5H,2,6H2,1H3. The molecule has 1 aromatic rings. The summed E-state index contributed by atoms with van der Waals surface area (Å²) in [5, 5.41) is 0. The first-order valence-corrected chi connectivity index (χ1v) is 4.93. The third-order valence-corrected chi connectivity index (χ3v) is 2.70. The number of nitrogens with zero attached hydrogens (tertiary/aromatic N) is 1. The van der Waals surface area contributed by atoms with Crippen LogP contribution in [0.3, 0.4) is 0 Å². The molecular weight excluding hydrogens is 219 g/mol. The van der Waals surface area contributed by atoms with Crippen molar-refractivity contribution in [2.24, 2.45) is 0 Å². The maximum atomic E-state index is 12.4. The number of fused-ring (bicyclic) bond motifs is 1. The number of carbonyl (C=O) groups excluding carboxylic acids is 1. The van der Waals surface area contributed by atoms with Gasteiger partial charge in [-0.1, -0.05) is 6.07 Å². The second-order valence-electron chi connectivity index (χ2n) is 3.69. The molecular formula is C11H10F3NO. The Kier molecular flexibility index (Phi) is 2.40. The molecule has 0 saturated carbocycles. The van der Waals surface area contributed by atoms with E-state index in [9.17, 15) is 18.0 Å². The van der Waals surface area contributed by atoms with Gasteiger partial charge in [0.25, 0.3) is 5.91 Å². The van der Waals surface area contributed by atoms with E-state index in [2.05, 4.69) is 0 Å². The Morgan fingerprint density at radius 3 is 2.62 bits per heavy atom. The molecule has 1 aliphatic heterocycles. The fourth-order valence-corrected chi connectivity index (χ4v) is 1.79. The summed E-state index contributed by atoms with van der Waals surface area (Å²) in [6.45, 7) is 2.71. The summed E-state index contributed by atoms with van der Waals surface area (Å²) in [5.74, 6) is -0.316. The van der Waals surface area contributed by atoms with Crippen molar-refractivity contribution in [1.29, 1.82) is 0 Å². The van der Waals surface area contributed by atoms with Crippen LogP contribution in [0.5, 0.6) is 0 Å². The number of rotatable bonds is 1. The van der Waals surface area contributed by atoms with Crippen LogP contribution in [0.15, 0.2) is 18.2 Å². The summed E-state index contributed by atoms with van der Waals surface area (Å²) >= 11 is 0. The quantitative estimate of drug-likeness (QED) is 0.725. The molecule has 0 radical (unpaired) electrons. The van der Waals surface area contributed by atoms with Crippen molar-refractivity contribution in [3.8, 4) is 0 Å². The lowest BCUT2D eigenvalue weighted by Gasteiger charge is -2.10. The SMILES string of the molecule is CCN1Cc2ccc(C(F)(F)F)cc2C1=O. The summed E-state index contributed by atoms with van der Waals surface area (Å²) in [5.41, 5.74) is 0.0779. The maximum Gasteiger partial charge on any atom is 0.416 e. The number of hydrogen-bond donors (Lipinski definition) is 0. The van der Waals surface area contributed by atoms with Crippen LogP contribution in [0.25, 0.3) is 0 Å². The summed E-state index contributed by atoms with van der Waals surface area (Å²) in [4.78, 5) is 13.2. The third kappa shape index (κ3) is 1.66. The van der Waals surface area contributed by atoms with E-state index >= 15 is 0 Å². The van der Waals surface area contributed by atoms with Crippen molar-refractivity contribution >= 4 is 5.91 Å². The molecule has 0 bridgehead atoms. The second kappa shape index (κ2) is 3.50. The molecule has 0 fully saturated rings. The molecule has 1 aromatic carbocycles. The van der Waals surface area contributed by atoms with Gasteiger partial charge in [0.15, 0.2) is 0 Å². The van der Waals surface area contributed by atoms with Gasteiger partial charge < -0.3 is 4.90 Å². The van der Waals surface area contributed by atoms with Crippen LogP contribution in [0.1, 0.15) is 28.4 Å². The van der Waals surface area contributed by atoms with Gasteiger partial charge >= 0.3 is 6.18 Å². The molecule has 1 aliphatic rings. The number of benzene rings is 1. The van der Waals surface area contributed by atoms with Gasteiger partial charge in [-0.2, -0.15) is 13.2 Å². The highest BCUT2D eigenvalue weighted by atomic mass is 19.4. The molecule has 2 nitrogen and oxygen atoms in total. The van der Waals surface area contributed by atoms with Crippen LogP contribution in [0.2, 0.25) is 0 Å². The molecule has 86 valence electrons. The number of hydrogen-bond acceptors (Lipinski definition) is 1. The van der Waals surface area contributed by atoms with E-state index in [1.807, 2.05) is 0 Å². The summed E-state index contributed by atoms with van der Waals surface area (Å²) in [7, 11) is 0. The van der Waals surface area contributed by atoms with Gasteiger partial charge in [-0.15, -0.1) is 0 Å². The molecule has 0 aliphatic carbocycles. The number of amides is 1. The van der Waals surface area contributed by atoms with Gasteiger partial charge in [-0.25, -0.2) is 0 Å². The van der Waals surface area contributed by atoms with Crippen molar-refractivity contribution in [2.45, 2.75) is 19.6 Å². The molecule has 2 rings (SSSR count). The Labute approximate surface area is 90.7 Å². The van der Waals surface area contributed by atoms with Crippen molar-refractivity contribution in [3.63, 3.8) is 0 Å². The van der Waals surface area contributed by atoms with E-state index in [4.69, 9.17) is 0 Å². The zero-order chi connectivity index (χ0) is 11.9. The molecule has 16 heavy (non-hydrogen) atoms. The van der Waals surface area contributed by atoms with Crippen molar-refractivity contribution < 1.29 is 18.0 Å². The lowest BCUT2D eigenvalue weighted by molar-refractivity contribution is -0.137. The summed E-state index contributed by atoms with van der Waals surface area (Å²) in [6.07, 6.45) is -4.39. The van der Waals surface area contributed by atoms with E-state index < -0.39 is 11.7 Å². The minimum atomic E-state index is -4.39. The van der Waals surface area contributed by atoms with Gasteiger partial charge in [0.05, 0.1) is 5.56 Å². The first kappa shape index (κ1) is 11.0. The van der Waals surface area contributed by atoms with Gasteiger partial charge in [-0.05, 0) is 24.6 Å². The zero-order valence-electron chi connectivity index (χ0n) is 8.64. The van der Waals surface area contributed by atoms with Crippen LogP contribution in [0, 0.1) is 0 Å². The first-order valence-electron chi connectivity index (χ1n) is 4.93. The van der Waals surface area contributed by atoms with E-state index in [1.165, 1.54) is 11.0 Å². The molecule has 5 heteroatoms. The van der Waals surface area contributed by atoms with Crippen LogP contribution in [0.4, 0.5) is 13.2 Å². The minimum Gasteiger partial charge on any atom is -0.335 e. The molecule has 0 spiro atoms. The lowest BCUT2D eigenvalue weighted by Crippen LogP contribution is -2.23. The van der Waals surface area contributed by atoms with Crippen molar-refractivity contribution in [1.82, 2.24) is 4.90 Å². The fraction of sp³-hybridized carbons (Fsp3) is 0.364. The molecule has 0 saturated heterocycles. The Morgan fingerprint density at radius 1 is 1.38 bits per heavy atom. The Hall–Kier alpha value is -1.52. The van der Waals surface area contributed by atoms with Crippen LogP contribution in [-0.2, 0) is 12.7 Å². The van der Waals surface area contributed by atoms with Gasteiger partial charge in [0.1, 0.15) is 0 Å². The average molecular weight is 229 g/mol. The third-order valence-electron chi connectivity index (χ3n) is 2.70. The van der Waals surface area contributed by atoms with Gasteiger partial charge in [-0.3, -0.25) is 4.79 Å². The van der Waals surface area contributed by atoms with Crippen LogP contribution >= 0.6 is 0 Å². The van der Waals surface area contributed by atoms with Crippen LogP contribution in [-0.4, -0.2) is 17.4 Å². The number of halogens is 3. The summed E-state index contributed by atoms with van der Waals surface area (Å²) in [6, 6.07) is 3.34. The smallest absolute Gasteiger partial charge is 0.335 e. The highest BCUT2D eigenvalue weighted by molar-refractivity contribution is 5.98. The topological polar surface area (TPSA) is 20.3 Å². The van der Waals surface area contributed by atoms with Crippen molar-refractivity contribution in [2.75, 3.05) is 6.54 Å². The predicted molar refractivity (Wildman–Crippen MR) is 51.9 cm³/mol. The molecule has 0 aromatic heterocycles. The Balaban J connectivity index is 2.43. The molecule has 1 amide bonds. The predicted octanol–water partition coefficient (Wildman–Crippen LogP) is 2.68. The molecule has 0 N–H and O–H groups in total. The van der Waals surface area contributed by atoms with E-state index in [1.54, 1.807) is 6.92 Å². The lowest BCUT2D eigenvalue weighted by atomic mass is 10.1. The highest BCUT2D eigenvalue weighted by Gasteiger charge is 2.34. The summed E-state index contributed by atoms with van der Waals surface area (Å²) < 4.78 is 37.3. The zero-order valence-corrected chi connectivity index (χ0v) is 8.64. The normalized spacial score (nSPS) is 15.5. The monoisotopic (exact) mass is 229 g/mol. The first-order chi connectivity index (χ1) is 7.43. The molecule has 0 unspecified atom stereocenters. The van der Waals surface area contributed by atoms with Gasteiger partial charge in [0.2, 0.25) is 0 Å². The minimum absolute atomic E-state index is 0.177.